The highest BCUT2D eigenvalue weighted by Crippen LogP contribution is 2.25. The van der Waals surface area contributed by atoms with Crippen LogP contribution >= 0.6 is 23.3 Å². The summed E-state index contributed by atoms with van der Waals surface area (Å²) in [7, 11) is 0. The summed E-state index contributed by atoms with van der Waals surface area (Å²) in [6.45, 7) is 4.17. The number of rotatable bonds is 3. The van der Waals surface area contributed by atoms with E-state index < -0.39 is 0 Å². The lowest BCUT2D eigenvalue weighted by Gasteiger charge is -2.15. The molecular weight excluding hydrogens is 242 g/mol. The molecule has 1 heterocycles. The van der Waals surface area contributed by atoms with Crippen LogP contribution in [0.3, 0.4) is 0 Å². The van der Waals surface area contributed by atoms with Crippen molar-refractivity contribution in [2.75, 3.05) is 5.32 Å². The Labute approximate surface area is 104 Å². The minimum atomic E-state index is 0.169. The van der Waals surface area contributed by atoms with E-state index in [-0.39, 0.29) is 6.04 Å². The Hall–Kier alpha value is -1.13. The van der Waals surface area contributed by atoms with Crippen LogP contribution in [-0.4, -0.2) is 8.75 Å². The van der Waals surface area contributed by atoms with E-state index in [1.807, 2.05) is 12.1 Å². The van der Waals surface area contributed by atoms with Crippen molar-refractivity contribution in [3.05, 3.63) is 40.5 Å². The van der Waals surface area contributed by atoms with Gasteiger partial charge in [-0.2, -0.15) is 8.75 Å². The van der Waals surface area contributed by atoms with E-state index in [1.54, 1.807) is 0 Å². The smallest absolute Gasteiger partial charge is 0.186 e. The zero-order valence-corrected chi connectivity index (χ0v) is 10.6. The lowest BCUT2D eigenvalue weighted by Crippen LogP contribution is -2.08. The minimum absolute atomic E-state index is 0.169. The van der Waals surface area contributed by atoms with Gasteiger partial charge >= 0.3 is 0 Å². The maximum atomic E-state index is 5.89. The number of nitrogens with one attached hydrogen (secondary N) is 1. The van der Waals surface area contributed by atoms with Crippen molar-refractivity contribution in [2.45, 2.75) is 19.9 Å². The predicted molar refractivity (Wildman–Crippen MR) is 68.1 cm³/mol. The van der Waals surface area contributed by atoms with Crippen molar-refractivity contribution in [3.8, 4) is 0 Å². The predicted octanol–water partition coefficient (Wildman–Crippen LogP) is 3.67. The number of hydrogen-bond acceptors (Lipinski definition) is 4. The maximum absolute atomic E-state index is 5.89. The highest BCUT2D eigenvalue weighted by molar-refractivity contribution is 6.99. The Morgan fingerprint density at radius 1 is 1.31 bits per heavy atom. The quantitative estimate of drug-likeness (QED) is 0.907. The number of halogens is 1. The van der Waals surface area contributed by atoms with Gasteiger partial charge in [0.25, 0.3) is 0 Å². The fourth-order valence-corrected chi connectivity index (χ4v) is 2.28. The maximum Gasteiger partial charge on any atom is 0.186 e. The summed E-state index contributed by atoms with van der Waals surface area (Å²) in [5, 5.41) is 3.69. The Morgan fingerprint density at radius 3 is 2.69 bits per heavy atom. The van der Waals surface area contributed by atoms with Crippen LogP contribution in [0.5, 0.6) is 0 Å². The molecule has 16 heavy (non-hydrogen) atoms. The molecular formula is C11H12ClN3S. The van der Waals surface area contributed by atoms with Crippen molar-refractivity contribution in [3.63, 3.8) is 0 Å². The van der Waals surface area contributed by atoms with Crippen molar-refractivity contribution >= 4 is 29.1 Å². The molecule has 1 aromatic carbocycles. The third-order valence-electron chi connectivity index (χ3n) is 2.46. The molecule has 0 amide bonds. The van der Waals surface area contributed by atoms with E-state index in [0.29, 0.717) is 11.0 Å². The Balaban J connectivity index is 2.18. The zero-order chi connectivity index (χ0) is 11.5. The summed E-state index contributed by atoms with van der Waals surface area (Å²) in [4.78, 5) is 0. The van der Waals surface area contributed by atoms with Gasteiger partial charge in [0.15, 0.2) is 11.0 Å². The standard InChI is InChI=1S/C11H12ClN3S/c1-7-5-3-4-6-9(7)8(2)13-11-10(12)14-16-15-11/h3-6,8H,1-2H3,(H,13,15). The molecule has 1 atom stereocenters. The van der Waals surface area contributed by atoms with Gasteiger partial charge in [-0.1, -0.05) is 35.9 Å². The van der Waals surface area contributed by atoms with Gasteiger partial charge in [0.2, 0.25) is 0 Å². The molecule has 5 heteroatoms. The number of anilines is 1. The van der Waals surface area contributed by atoms with Gasteiger partial charge < -0.3 is 5.32 Å². The molecule has 84 valence electrons. The van der Waals surface area contributed by atoms with E-state index in [4.69, 9.17) is 11.6 Å². The van der Waals surface area contributed by atoms with E-state index in [0.717, 1.165) is 11.7 Å². The summed E-state index contributed by atoms with van der Waals surface area (Å²) >= 11 is 7.00. The third kappa shape index (κ3) is 2.33. The van der Waals surface area contributed by atoms with E-state index in [2.05, 4.69) is 40.0 Å². The van der Waals surface area contributed by atoms with E-state index in [1.165, 1.54) is 11.1 Å². The molecule has 0 aliphatic carbocycles. The first-order valence-electron chi connectivity index (χ1n) is 4.98. The van der Waals surface area contributed by atoms with Gasteiger partial charge in [0.05, 0.1) is 17.8 Å². The van der Waals surface area contributed by atoms with Crippen molar-refractivity contribution in [1.29, 1.82) is 0 Å². The second kappa shape index (κ2) is 4.80. The molecule has 3 nitrogen and oxygen atoms in total. The summed E-state index contributed by atoms with van der Waals surface area (Å²) in [6.07, 6.45) is 0. The lowest BCUT2D eigenvalue weighted by atomic mass is 10.0. The van der Waals surface area contributed by atoms with Gasteiger partial charge in [-0.25, -0.2) is 0 Å². The lowest BCUT2D eigenvalue weighted by molar-refractivity contribution is 0.868. The first kappa shape index (κ1) is 11.4. The third-order valence-corrected chi connectivity index (χ3v) is 3.35. The van der Waals surface area contributed by atoms with Crippen molar-refractivity contribution in [1.82, 2.24) is 8.75 Å². The Bertz CT molecular complexity index is 484. The normalized spacial score (nSPS) is 12.4. The molecule has 2 aromatic rings. The average Bonchev–Trinajstić information content (AvgIpc) is 2.65. The van der Waals surface area contributed by atoms with Gasteiger partial charge in [-0.15, -0.1) is 0 Å². The summed E-state index contributed by atoms with van der Waals surface area (Å²) in [6, 6.07) is 8.42. The number of nitrogens with zero attached hydrogens (tertiary/aromatic N) is 2. The molecule has 0 spiro atoms. The number of aromatic nitrogens is 2. The second-order valence-electron chi connectivity index (χ2n) is 3.63. The van der Waals surface area contributed by atoms with Crippen LogP contribution in [0.15, 0.2) is 24.3 Å². The number of benzene rings is 1. The van der Waals surface area contributed by atoms with Gasteiger partial charge in [-0.3, -0.25) is 0 Å². The van der Waals surface area contributed by atoms with Crippen LogP contribution in [0.4, 0.5) is 5.82 Å². The van der Waals surface area contributed by atoms with Gasteiger partial charge in [0.1, 0.15) is 0 Å². The topological polar surface area (TPSA) is 37.8 Å². The number of hydrogen-bond donors (Lipinski definition) is 1. The van der Waals surface area contributed by atoms with Crippen LogP contribution in [0.2, 0.25) is 5.15 Å². The molecule has 2 rings (SSSR count). The highest BCUT2D eigenvalue weighted by atomic mass is 35.5. The minimum Gasteiger partial charge on any atom is -0.360 e. The summed E-state index contributed by atoms with van der Waals surface area (Å²) in [5.41, 5.74) is 2.49. The molecule has 0 saturated carbocycles. The zero-order valence-electron chi connectivity index (χ0n) is 9.07. The first-order chi connectivity index (χ1) is 7.68. The average molecular weight is 254 g/mol. The van der Waals surface area contributed by atoms with Gasteiger partial charge in [0, 0.05) is 0 Å². The van der Waals surface area contributed by atoms with Gasteiger partial charge in [-0.05, 0) is 25.0 Å². The molecule has 0 aliphatic heterocycles. The van der Waals surface area contributed by atoms with Crippen molar-refractivity contribution in [2.24, 2.45) is 0 Å². The molecule has 0 bridgehead atoms. The van der Waals surface area contributed by atoms with Crippen LogP contribution in [-0.2, 0) is 0 Å². The van der Waals surface area contributed by atoms with Crippen molar-refractivity contribution < 1.29 is 0 Å². The molecule has 1 N–H and O–H groups in total. The van der Waals surface area contributed by atoms with Crippen LogP contribution in [0.1, 0.15) is 24.1 Å². The summed E-state index contributed by atoms with van der Waals surface area (Å²) < 4.78 is 8.02. The Kier molecular flexibility index (Phi) is 3.41. The van der Waals surface area contributed by atoms with Crippen LogP contribution < -0.4 is 5.32 Å². The molecule has 0 saturated heterocycles. The van der Waals surface area contributed by atoms with E-state index in [9.17, 15) is 0 Å². The molecule has 0 aliphatic rings. The van der Waals surface area contributed by atoms with Crippen LogP contribution in [0, 0.1) is 6.92 Å². The second-order valence-corrected chi connectivity index (χ2v) is 4.51. The first-order valence-corrected chi connectivity index (χ1v) is 6.09. The highest BCUT2D eigenvalue weighted by Gasteiger charge is 2.11. The Morgan fingerprint density at radius 2 is 2.06 bits per heavy atom. The summed E-state index contributed by atoms with van der Waals surface area (Å²) in [5.74, 6) is 0.655. The number of aryl methyl sites for hydroxylation is 1. The monoisotopic (exact) mass is 253 g/mol. The largest absolute Gasteiger partial charge is 0.360 e. The SMILES string of the molecule is Cc1ccccc1C(C)Nc1nsnc1Cl. The molecule has 0 fully saturated rings. The fourth-order valence-electron chi connectivity index (χ4n) is 1.62. The van der Waals surface area contributed by atoms with E-state index >= 15 is 0 Å². The molecule has 1 unspecified atom stereocenters. The molecule has 1 aromatic heterocycles. The fraction of sp³-hybridized carbons (Fsp3) is 0.273. The van der Waals surface area contributed by atoms with Crippen LogP contribution in [0.25, 0.3) is 0 Å². The molecule has 0 radical (unpaired) electrons.